The van der Waals surface area contributed by atoms with Crippen LogP contribution in [0.3, 0.4) is 0 Å². The van der Waals surface area contributed by atoms with Crippen LogP contribution in [0.4, 0.5) is 17.1 Å². The molecule has 0 bridgehead atoms. The molecule has 3 aromatic rings. The van der Waals surface area contributed by atoms with E-state index in [0.717, 1.165) is 12.1 Å². The molecule has 1 aromatic heterocycles. The molecule has 0 spiro atoms. The fraction of sp³-hybridized carbons (Fsp3) is 0.0588. The third kappa shape index (κ3) is 3.49. The van der Waals surface area contributed by atoms with Crippen molar-refractivity contribution in [2.45, 2.75) is 6.92 Å². The van der Waals surface area contributed by atoms with Gasteiger partial charge in [0.15, 0.2) is 5.69 Å². The molecule has 0 saturated carbocycles. The van der Waals surface area contributed by atoms with E-state index in [1.54, 1.807) is 31.2 Å². The minimum absolute atomic E-state index is 0.00791. The average molecular weight is 367 g/mol. The summed E-state index contributed by atoms with van der Waals surface area (Å²) in [5, 5.41) is 30.6. The number of aromatic nitrogens is 2. The van der Waals surface area contributed by atoms with Gasteiger partial charge in [-0.1, -0.05) is 18.2 Å². The van der Waals surface area contributed by atoms with Gasteiger partial charge < -0.3 is 5.11 Å². The van der Waals surface area contributed by atoms with E-state index in [1.807, 2.05) is 6.07 Å². The van der Waals surface area contributed by atoms with Gasteiger partial charge in [0.05, 0.1) is 21.9 Å². The van der Waals surface area contributed by atoms with Crippen molar-refractivity contribution in [3.05, 3.63) is 80.3 Å². The lowest BCUT2D eigenvalue weighted by Crippen LogP contribution is -2.13. The van der Waals surface area contributed by atoms with Crippen LogP contribution in [0, 0.1) is 17.0 Å². The van der Waals surface area contributed by atoms with Crippen LogP contribution in [0.1, 0.15) is 16.1 Å². The van der Waals surface area contributed by atoms with Crippen molar-refractivity contribution in [2.75, 3.05) is 0 Å². The van der Waals surface area contributed by atoms with Crippen molar-refractivity contribution >= 4 is 23.0 Å². The number of nitrogens with zero attached hydrogens (tertiary/aromatic N) is 4. The molecule has 1 heterocycles. The van der Waals surface area contributed by atoms with E-state index in [0.29, 0.717) is 11.4 Å². The molecular formula is C17H13N5O5. The van der Waals surface area contributed by atoms with Crippen LogP contribution in [0.15, 0.2) is 63.6 Å². The number of aryl methyl sites for hydroxylation is 1. The number of H-pyrrole nitrogens is 1. The molecule has 2 aromatic carbocycles. The summed E-state index contributed by atoms with van der Waals surface area (Å²) in [6, 6.07) is 12.0. The number of aromatic amines is 1. The van der Waals surface area contributed by atoms with Crippen LogP contribution in [-0.4, -0.2) is 25.8 Å². The van der Waals surface area contributed by atoms with Crippen LogP contribution in [0.25, 0.3) is 5.69 Å². The van der Waals surface area contributed by atoms with Crippen molar-refractivity contribution in [1.29, 1.82) is 0 Å². The predicted molar refractivity (Wildman–Crippen MR) is 95.4 cm³/mol. The summed E-state index contributed by atoms with van der Waals surface area (Å²) in [5.74, 6) is -1.39. The zero-order valence-electron chi connectivity index (χ0n) is 14.0. The molecule has 0 aliphatic rings. The van der Waals surface area contributed by atoms with Crippen LogP contribution >= 0.6 is 0 Å². The van der Waals surface area contributed by atoms with Gasteiger partial charge in [0.2, 0.25) is 0 Å². The van der Waals surface area contributed by atoms with E-state index in [1.165, 1.54) is 10.7 Å². The Balaban J connectivity index is 2.03. The van der Waals surface area contributed by atoms with E-state index in [2.05, 4.69) is 15.3 Å². The Bertz CT molecular complexity index is 1110. The third-order valence-corrected chi connectivity index (χ3v) is 3.73. The van der Waals surface area contributed by atoms with E-state index >= 15 is 0 Å². The topological polar surface area (TPSA) is 143 Å². The number of carbonyl (C=O) groups is 1. The lowest BCUT2D eigenvalue weighted by molar-refractivity contribution is -0.384. The number of hydrogen-bond donors (Lipinski definition) is 2. The summed E-state index contributed by atoms with van der Waals surface area (Å²) in [7, 11) is 0. The highest BCUT2D eigenvalue weighted by atomic mass is 16.6. The van der Waals surface area contributed by atoms with Crippen molar-refractivity contribution in [1.82, 2.24) is 9.78 Å². The van der Waals surface area contributed by atoms with E-state index in [-0.39, 0.29) is 22.6 Å². The molecule has 0 radical (unpaired) electrons. The number of carboxylic acids is 1. The van der Waals surface area contributed by atoms with Crippen molar-refractivity contribution in [2.24, 2.45) is 10.2 Å². The van der Waals surface area contributed by atoms with Gasteiger partial charge in [-0.15, -0.1) is 10.2 Å². The zero-order valence-corrected chi connectivity index (χ0v) is 14.0. The molecule has 10 nitrogen and oxygen atoms in total. The number of nitro groups is 1. The minimum atomic E-state index is -1.39. The Morgan fingerprint density at radius 3 is 2.52 bits per heavy atom. The predicted octanol–water partition coefficient (Wildman–Crippen LogP) is 3.50. The number of nitro benzene ring substituents is 1. The molecule has 0 amide bonds. The molecule has 0 atom stereocenters. The van der Waals surface area contributed by atoms with Crippen molar-refractivity contribution < 1.29 is 14.8 Å². The standard InChI is InChI=1S/C17H13N5O5/c1-10-15(16(23)21(20-10)11-5-3-2-4-6-11)19-18-14-8-7-12(22(26)27)9-13(14)17(24)25/h2-9,20H,1H3,(H,24,25). The highest BCUT2D eigenvalue weighted by Gasteiger charge is 2.17. The Hall–Kier alpha value is -4.08. The lowest BCUT2D eigenvalue weighted by Gasteiger charge is -1.99. The van der Waals surface area contributed by atoms with Gasteiger partial charge in [-0.2, -0.15) is 0 Å². The normalized spacial score (nSPS) is 11.0. The highest BCUT2D eigenvalue weighted by Crippen LogP contribution is 2.26. The fourth-order valence-electron chi connectivity index (χ4n) is 2.41. The van der Waals surface area contributed by atoms with Gasteiger partial charge >= 0.3 is 5.97 Å². The maximum atomic E-state index is 12.5. The summed E-state index contributed by atoms with van der Waals surface area (Å²) in [6.07, 6.45) is 0. The van der Waals surface area contributed by atoms with Crippen LogP contribution in [-0.2, 0) is 0 Å². The van der Waals surface area contributed by atoms with Crippen LogP contribution < -0.4 is 5.56 Å². The number of benzene rings is 2. The molecular weight excluding hydrogens is 354 g/mol. The molecule has 0 unspecified atom stereocenters. The van der Waals surface area contributed by atoms with Gasteiger partial charge in [-0.25, -0.2) is 9.48 Å². The first-order valence-corrected chi connectivity index (χ1v) is 7.69. The number of hydrogen-bond acceptors (Lipinski definition) is 6. The fourth-order valence-corrected chi connectivity index (χ4v) is 2.41. The monoisotopic (exact) mass is 367 g/mol. The second-order valence-corrected chi connectivity index (χ2v) is 5.53. The largest absolute Gasteiger partial charge is 0.478 e. The van der Waals surface area contributed by atoms with Gasteiger partial charge in [-0.05, 0) is 25.1 Å². The molecule has 0 aliphatic carbocycles. The van der Waals surface area contributed by atoms with Gasteiger partial charge in [-0.3, -0.25) is 20.0 Å². The SMILES string of the molecule is Cc1[nH]n(-c2ccccc2)c(=O)c1N=Nc1ccc([N+](=O)[O-])cc1C(=O)O. The summed E-state index contributed by atoms with van der Waals surface area (Å²) in [6.45, 7) is 1.63. The van der Waals surface area contributed by atoms with Crippen LogP contribution in [0.2, 0.25) is 0 Å². The quantitative estimate of drug-likeness (QED) is 0.403. The summed E-state index contributed by atoms with van der Waals surface area (Å²) in [4.78, 5) is 34.0. The number of carboxylic acid groups (broad SMARTS) is 1. The number of aromatic carboxylic acids is 1. The number of azo groups is 1. The lowest BCUT2D eigenvalue weighted by atomic mass is 10.1. The van der Waals surface area contributed by atoms with E-state index < -0.39 is 16.5 Å². The third-order valence-electron chi connectivity index (χ3n) is 3.73. The van der Waals surface area contributed by atoms with Crippen molar-refractivity contribution in [3.8, 4) is 5.69 Å². The number of para-hydroxylation sites is 1. The second kappa shape index (κ2) is 7.04. The number of non-ortho nitro benzene ring substituents is 1. The molecule has 0 fully saturated rings. The number of nitrogens with one attached hydrogen (secondary N) is 1. The Morgan fingerprint density at radius 1 is 1.19 bits per heavy atom. The number of rotatable bonds is 5. The maximum absolute atomic E-state index is 12.5. The second-order valence-electron chi connectivity index (χ2n) is 5.53. The van der Waals surface area contributed by atoms with Gasteiger partial charge in [0.1, 0.15) is 5.69 Å². The van der Waals surface area contributed by atoms with Gasteiger partial charge in [0, 0.05) is 12.1 Å². The summed E-state index contributed by atoms with van der Waals surface area (Å²) < 4.78 is 1.29. The van der Waals surface area contributed by atoms with Gasteiger partial charge in [0.25, 0.3) is 11.2 Å². The van der Waals surface area contributed by atoms with Crippen molar-refractivity contribution in [3.63, 3.8) is 0 Å². The molecule has 0 saturated heterocycles. The highest BCUT2D eigenvalue weighted by molar-refractivity contribution is 5.94. The first-order chi connectivity index (χ1) is 12.9. The Kier molecular flexibility index (Phi) is 4.62. The molecule has 10 heteroatoms. The Morgan fingerprint density at radius 2 is 1.89 bits per heavy atom. The molecule has 2 N–H and O–H groups in total. The maximum Gasteiger partial charge on any atom is 0.338 e. The minimum Gasteiger partial charge on any atom is -0.478 e. The summed E-state index contributed by atoms with van der Waals surface area (Å²) in [5.41, 5.74) is -0.269. The summed E-state index contributed by atoms with van der Waals surface area (Å²) >= 11 is 0. The molecule has 0 aliphatic heterocycles. The van der Waals surface area contributed by atoms with E-state index in [9.17, 15) is 24.8 Å². The molecule has 27 heavy (non-hydrogen) atoms. The first kappa shape index (κ1) is 17.7. The van der Waals surface area contributed by atoms with Crippen LogP contribution in [0.5, 0.6) is 0 Å². The molecule has 3 rings (SSSR count). The molecule has 136 valence electrons. The Labute approximate surface area is 151 Å². The van der Waals surface area contributed by atoms with E-state index in [4.69, 9.17) is 0 Å². The average Bonchev–Trinajstić information content (AvgIpc) is 2.94. The smallest absolute Gasteiger partial charge is 0.338 e. The zero-order chi connectivity index (χ0) is 19.6. The first-order valence-electron chi connectivity index (χ1n) is 7.69.